The molecule has 1 fully saturated rings. The van der Waals surface area contributed by atoms with E-state index in [1.54, 1.807) is 0 Å². The van der Waals surface area contributed by atoms with Gasteiger partial charge in [0.2, 0.25) is 0 Å². The quantitative estimate of drug-likeness (QED) is 0.920. The van der Waals surface area contributed by atoms with Gasteiger partial charge in [-0.05, 0) is 49.6 Å². The number of nitrogens with zero attached hydrogens (tertiary/aromatic N) is 2. The van der Waals surface area contributed by atoms with Crippen LogP contribution in [0.15, 0.2) is 41.1 Å². The standard InChI is InChI=1S/C14H16BrN3/c15-13-3-5-14(6-4-13)18-10-12(9-17-18)8-16-7-11-1-2-11/h3-6,9-11,16H,1-2,7-8H2. The van der Waals surface area contributed by atoms with Gasteiger partial charge in [-0.3, -0.25) is 0 Å². The second-order valence-electron chi connectivity index (χ2n) is 4.84. The summed E-state index contributed by atoms with van der Waals surface area (Å²) in [7, 11) is 0. The Bertz CT molecular complexity index is 514. The largest absolute Gasteiger partial charge is 0.312 e. The van der Waals surface area contributed by atoms with Crippen LogP contribution in [0.25, 0.3) is 5.69 Å². The molecule has 3 nitrogen and oxygen atoms in total. The van der Waals surface area contributed by atoms with Crippen molar-refractivity contribution in [3.05, 3.63) is 46.7 Å². The van der Waals surface area contributed by atoms with Crippen molar-refractivity contribution in [2.75, 3.05) is 6.54 Å². The number of aromatic nitrogens is 2. The fourth-order valence-electron chi connectivity index (χ4n) is 1.93. The molecule has 4 heteroatoms. The molecule has 1 saturated carbocycles. The van der Waals surface area contributed by atoms with E-state index in [1.165, 1.54) is 18.4 Å². The molecule has 1 N–H and O–H groups in total. The van der Waals surface area contributed by atoms with E-state index in [9.17, 15) is 0 Å². The van der Waals surface area contributed by atoms with Crippen LogP contribution in [0.5, 0.6) is 0 Å². The van der Waals surface area contributed by atoms with Crippen molar-refractivity contribution >= 4 is 15.9 Å². The molecule has 0 aliphatic heterocycles. The average molecular weight is 306 g/mol. The van der Waals surface area contributed by atoms with Crippen LogP contribution >= 0.6 is 15.9 Å². The molecule has 0 unspecified atom stereocenters. The lowest BCUT2D eigenvalue weighted by molar-refractivity contribution is 0.638. The third kappa shape index (κ3) is 3.00. The van der Waals surface area contributed by atoms with Crippen LogP contribution in [0, 0.1) is 5.92 Å². The zero-order valence-corrected chi connectivity index (χ0v) is 11.7. The molecular formula is C14H16BrN3. The lowest BCUT2D eigenvalue weighted by atomic mass is 10.3. The van der Waals surface area contributed by atoms with Crippen molar-refractivity contribution in [2.24, 2.45) is 5.92 Å². The number of halogens is 1. The monoisotopic (exact) mass is 305 g/mol. The molecular weight excluding hydrogens is 290 g/mol. The number of benzene rings is 1. The molecule has 2 aromatic rings. The third-order valence-corrected chi connectivity index (χ3v) is 3.71. The Morgan fingerprint density at radius 1 is 1.28 bits per heavy atom. The predicted molar refractivity (Wildman–Crippen MR) is 75.7 cm³/mol. The van der Waals surface area contributed by atoms with Crippen LogP contribution < -0.4 is 5.32 Å². The lowest BCUT2D eigenvalue weighted by Crippen LogP contribution is -2.15. The molecule has 0 spiro atoms. The Morgan fingerprint density at radius 3 is 2.78 bits per heavy atom. The van der Waals surface area contributed by atoms with Gasteiger partial charge in [0, 0.05) is 22.8 Å². The number of rotatable bonds is 5. The van der Waals surface area contributed by atoms with Crippen LogP contribution in [0.3, 0.4) is 0 Å². The fraction of sp³-hybridized carbons (Fsp3) is 0.357. The van der Waals surface area contributed by atoms with Crippen LogP contribution in [-0.4, -0.2) is 16.3 Å². The predicted octanol–water partition coefficient (Wildman–Crippen LogP) is 3.13. The van der Waals surface area contributed by atoms with Gasteiger partial charge >= 0.3 is 0 Å². The lowest BCUT2D eigenvalue weighted by Gasteiger charge is -2.01. The second kappa shape index (κ2) is 5.24. The molecule has 0 saturated heterocycles. The molecule has 18 heavy (non-hydrogen) atoms. The molecule has 0 radical (unpaired) electrons. The summed E-state index contributed by atoms with van der Waals surface area (Å²) in [6, 6.07) is 8.17. The maximum Gasteiger partial charge on any atom is 0.0646 e. The van der Waals surface area contributed by atoms with E-state index in [1.807, 2.05) is 23.0 Å². The first kappa shape index (κ1) is 11.9. The number of nitrogens with one attached hydrogen (secondary N) is 1. The van der Waals surface area contributed by atoms with E-state index in [0.717, 1.165) is 29.2 Å². The Kier molecular flexibility index (Phi) is 3.48. The minimum Gasteiger partial charge on any atom is -0.312 e. The Morgan fingerprint density at radius 2 is 2.06 bits per heavy atom. The van der Waals surface area contributed by atoms with E-state index in [4.69, 9.17) is 0 Å². The summed E-state index contributed by atoms with van der Waals surface area (Å²) >= 11 is 3.44. The van der Waals surface area contributed by atoms with Gasteiger partial charge in [-0.25, -0.2) is 4.68 Å². The van der Waals surface area contributed by atoms with Gasteiger partial charge in [0.05, 0.1) is 11.9 Å². The first-order chi connectivity index (χ1) is 8.81. The fourth-order valence-corrected chi connectivity index (χ4v) is 2.19. The Labute approximate surface area is 115 Å². The molecule has 1 aliphatic rings. The zero-order chi connectivity index (χ0) is 12.4. The number of hydrogen-bond acceptors (Lipinski definition) is 2. The summed E-state index contributed by atoms with van der Waals surface area (Å²) in [5.41, 5.74) is 2.32. The van der Waals surface area contributed by atoms with Crippen LogP contribution in [0.1, 0.15) is 18.4 Å². The van der Waals surface area contributed by atoms with Gasteiger partial charge in [0.15, 0.2) is 0 Å². The van der Waals surface area contributed by atoms with Crippen molar-refractivity contribution in [1.29, 1.82) is 0 Å². The topological polar surface area (TPSA) is 29.9 Å². The summed E-state index contributed by atoms with van der Waals surface area (Å²) in [5, 5.41) is 7.87. The molecule has 0 amide bonds. The molecule has 1 heterocycles. The van der Waals surface area contributed by atoms with Crippen molar-refractivity contribution in [1.82, 2.24) is 15.1 Å². The smallest absolute Gasteiger partial charge is 0.0646 e. The van der Waals surface area contributed by atoms with Gasteiger partial charge in [-0.1, -0.05) is 15.9 Å². The summed E-state index contributed by atoms with van der Waals surface area (Å²) in [6.45, 7) is 2.05. The Hall–Kier alpha value is -1.13. The Balaban J connectivity index is 1.62. The highest BCUT2D eigenvalue weighted by molar-refractivity contribution is 9.10. The molecule has 0 bridgehead atoms. The van der Waals surface area contributed by atoms with Crippen molar-refractivity contribution in [3.63, 3.8) is 0 Å². The third-order valence-electron chi connectivity index (χ3n) is 3.19. The van der Waals surface area contributed by atoms with E-state index in [0.29, 0.717) is 0 Å². The molecule has 0 atom stereocenters. The minimum atomic E-state index is 0.910. The summed E-state index contributed by atoms with van der Waals surface area (Å²) in [4.78, 5) is 0. The molecule has 1 aromatic heterocycles. The van der Waals surface area contributed by atoms with Crippen LogP contribution in [0.4, 0.5) is 0 Å². The highest BCUT2D eigenvalue weighted by Crippen LogP contribution is 2.27. The summed E-state index contributed by atoms with van der Waals surface area (Å²) < 4.78 is 3.00. The maximum atomic E-state index is 4.39. The van der Waals surface area contributed by atoms with Crippen molar-refractivity contribution in [3.8, 4) is 5.69 Å². The van der Waals surface area contributed by atoms with E-state index >= 15 is 0 Å². The highest BCUT2D eigenvalue weighted by atomic mass is 79.9. The summed E-state index contributed by atoms with van der Waals surface area (Å²) in [6.07, 6.45) is 6.81. The molecule has 3 rings (SSSR count). The van der Waals surface area contributed by atoms with E-state index in [2.05, 4.69) is 44.7 Å². The first-order valence-corrected chi connectivity index (χ1v) is 7.11. The SMILES string of the molecule is Brc1ccc(-n2cc(CNCC3CC3)cn2)cc1. The van der Waals surface area contributed by atoms with Gasteiger partial charge < -0.3 is 5.32 Å². The molecule has 94 valence electrons. The summed E-state index contributed by atoms with van der Waals surface area (Å²) in [5.74, 6) is 0.923. The van der Waals surface area contributed by atoms with E-state index < -0.39 is 0 Å². The first-order valence-electron chi connectivity index (χ1n) is 6.31. The second-order valence-corrected chi connectivity index (χ2v) is 5.76. The zero-order valence-electron chi connectivity index (χ0n) is 10.1. The van der Waals surface area contributed by atoms with E-state index in [-0.39, 0.29) is 0 Å². The number of hydrogen-bond donors (Lipinski definition) is 1. The molecule has 1 aromatic carbocycles. The van der Waals surface area contributed by atoms with Crippen LogP contribution in [0.2, 0.25) is 0 Å². The minimum absolute atomic E-state index is 0.910. The van der Waals surface area contributed by atoms with Crippen LogP contribution in [-0.2, 0) is 6.54 Å². The molecule has 1 aliphatic carbocycles. The van der Waals surface area contributed by atoms with Crippen molar-refractivity contribution in [2.45, 2.75) is 19.4 Å². The maximum absolute atomic E-state index is 4.39. The van der Waals surface area contributed by atoms with Gasteiger partial charge in [-0.15, -0.1) is 0 Å². The van der Waals surface area contributed by atoms with Crippen molar-refractivity contribution < 1.29 is 0 Å². The van der Waals surface area contributed by atoms with Gasteiger partial charge in [0.25, 0.3) is 0 Å². The van der Waals surface area contributed by atoms with Gasteiger partial charge in [-0.2, -0.15) is 5.10 Å². The normalized spacial score (nSPS) is 14.9. The highest BCUT2D eigenvalue weighted by Gasteiger charge is 2.20. The van der Waals surface area contributed by atoms with Gasteiger partial charge in [0.1, 0.15) is 0 Å². The average Bonchev–Trinajstić information content (AvgIpc) is 3.08.